The monoisotopic (exact) mass is 168 g/mol. The van der Waals surface area contributed by atoms with Crippen molar-refractivity contribution in [2.24, 2.45) is 0 Å². The third-order valence-corrected chi connectivity index (χ3v) is 1.52. The van der Waals surface area contributed by atoms with Crippen LogP contribution in [-0.4, -0.2) is 12.6 Å². The van der Waals surface area contributed by atoms with Crippen molar-refractivity contribution in [3.63, 3.8) is 0 Å². The summed E-state index contributed by atoms with van der Waals surface area (Å²) in [6.07, 6.45) is 2.48. The Kier molecular flexibility index (Phi) is 5.09. The van der Waals surface area contributed by atoms with Crippen molar-refractivity contribution < 1.29 is 9.53 Å². The number of ether oxygens (including phenoxy) is 1. The van der Waals surface area contributed by atoms with E-state index in [-0.39, 0.29) is 5.97 Å². The first kappa shape index (κ1) is 11.0. The van der Waals surface area contributed by atoms with Gasteiger partial charge in [0.05, 0.1) is 6.61 Å². The summed E-state index contributed by atoms with van der Waals surface area (Å²) >= 11 is 0. The van der Waals surface area contributed by atoms with Crippen molar-refractivity contribution in [3.05, 3.63) is 23.8 Å². The molecule has 0 N–H and O–H groups in total. The highest BCUT2D eigenvalue weighted by Gasteiger charge is 2.02. The molecule has 0 aliphatic rings. The number of allylic oxidation sites excluding steroid dienone is 1. The molecule has 0 aromatic heterocycles. The molecule has 0 saturated heterocycles. The molecule has 0 atom stereocenters. The zero-order valence-electron chi connectivity index (χ0n) is 8.02. The van der Waals surface area contributed by atoms with Gasteiger partial charge in [-0.15, -0.1) is 6.58 Å². The van der Waals surface area contributed by atoms with E-state index < -0.39 is 0 Å². The number of hydrogen-bond acceptors (Lipinski definition) is 2. The largest absolute Gasteiger partial charge is 0.462 e. The summed E-state index contributed by atoms with van der Waals surface area (Å²) in [5.41, 5.74) is 1.68. The summed E-state index contributed by atoms with van der Waals surface area (Å²) in [4.78, 5) is 11.0. The van der Waals surface area contributed by atoms with E-state index in [0.717, 1.165) is 12.0 Å². The molecular weight excluding hydrogens is 152 g/mol. The average molecular weight is 168 g/mol. The van der Waals surface area contributed by atoms with Gasteiger partial charge in [-0.25, -0.2) is 4.79 Å². The molecule has 68 valence electrons. The van der Waals surface area contributed by atoms with Crippen molar-refractivity contribution in [2.45, 2.75) is 27.2 Å². The molecule has 0 spiro atoms. The number of carbonyl (C=O) groups is 1. The Hall–Kier alpha value is -1.05. The minimum Gasteiger partial charge on any atom is -0.462 e. The molecule has 0 aliphatic carbocycles. The lowest BCUT2D eigenvalue weighted by atomic mass is 10.2. The topological polar surface area (TPSA) is 26.3 Å². The van der Waals surface area contributed by atoms with Crippen LogP contribution < -0.4 is 0 Å². The van der Waals surface area contributed by atoms with Gasteiger partial charge in [-0.05, 0) is 20.8 Å². The van der Waals surface area contributed by atoms with E-state index in [1.807, 2.05) is 13.8 Å². The van der Waals surface area contributed by atoms with Gasteiger partial charge in [-0.3, -0.25) is 0 Å². The van der Waals surface area contributed by atoms with Gasteiger partial charge in [0.25, 0.3) is 0 Å². The molecule has 0 aliphatic heterocycles. The molecule has 0 radical (unpaired) electrons. The van der Waals surface area contributed by atoms with E-state index in [0.29, 0.717) is 12.2 Å². The normalized spacial score (nSPS) is 11.1. The Labute approximate surface area is 73.9 Å². The van der Waals surface area contributed by atoms with Crippen LogP contribution in [0.3, 0.4) is 0 Å². The third kappa shape index (κ3) is 4.72. The van der Waals surface area contributed by atoms with E-state index in [2.05, 4.69) is 6.58 Å². The quantitative estimate of drug-likeness (QED) is 0.366. The second-order valence-corrected chi connectivity index (χ2v) is 2.81. The van der Waals surface area contributed by atoms with E-state index in [4.69, 9.17) is 4.74 Å². The molecule has 0 saturated carbocycles. The predicted molar refractivity (Wildman–Crippen MR) is 49.8 cm³/mol. The first-order valence-corrected chi connectivity index (χ1v) is 4.02. The molecule has 0 amide bonds. The van der Waals surface area contributed by atoms with Crippen LogP contribution >= 0.6 is 0 Å². The second kappa shape index (κ2) is 5.58. The number of rotatable bonds is 4. The van der Waals surface area contributed by atoms with Crippen LogP contribution in [0.5, 0.6) is 0 Å². The SMILES string of the molecule is C=C(C)CCOC(=O)/C(C)=C\C. The molecule has 0 aromatic carbocycles. The Bertz CT molecular complexity index is 202. The fourth-order valence-electron chi connectivity index (χ4n) is 0.550. The molecule has 0 fully saturated rings. The maximum absolute atomic E-state index is 11.0. The number of esters is 1. The van der Waals surface area contributed by atoms with Gasteiger partial charge in [0.1, 0.15) is 0 Å². The van der Waals surface area contributed by atoms with Crippen molar-refractivity contribution in [3.8, 4) is 0 Å². The first-order valence-electron chi connectivity index (χ1n) is 4.02. The predicted octanol–water partition coefficient (Wildman–Crippen LogP) is 2.46. The lowest BCUT2D eigenvalue weighted by molar-refractivity contribution is -0.138. The van der Waals surface area contributed by atoms with Crippen LogP contribution in [0.2, 0.25) is 0 Å². The van der Waals surface area contributed by atoms with Gasteiger partial charge in [-0.2, -0.15) is 0 Å². The maximum atomic E-state index is 11.0. The molecular formula is C10H16O2. The highest BCUT2D eigenvalue weighted by molar-refractivity contribution is 5.87. The average Bonchev–Trinajstić information content (AvgIpc) is 2.02. The minimum absolute atomic E-state index is 0.237. The summed E-state index contributed by atoms with van der Waals surface area (Å²) < 4.78 is 4.94. The molecule has 0 rings (SSSR count). The second-order valence-electron chi connectivity index (χ2n) is 2.81. The fraction of sp³-hybridized carbons (Fsp3) is 0.500. The Morgan fingerprint density at radius 2 is 2.08 bits per heavy atom. The molecule has 2 heteroatoms. The minimum atomic E-state index is -0.237. The Morgan fingerprint density at radius 3 is 2.50 bits per heavy atom. The van der Waals surface area contributed by atoms with Crippen LogP contribution in [0.1, 0.15) is 27.2 Å². The summed E-state index contributed by atoms with van der Waals surface area (Å²) in [6, 6.07) is 0. The van der Waals surface area contributed by atoms with Crippen molar-refractivity contribution in [1.82, 2.24) is 0 Å². The van der Waals surface area contributed by atoms with E-state index in [1.165, 1.54) is 0 Å². The van der Waals surface area contributed by atoms with Gasteiger partial charge < -0.3 is 4.74 Å². The van der Waals surface area contributed by atoms with Gasteiger partial charge in [0.15, 0.2) is 0 Å². The molecule has 0 bridgehead atoms. The van der Waals surface area contributed by atoms with Crippen LogP contribution in [-0.2, 0) is 9.53 Å². The zero-order chi connectivity index (χ0) is 9.56. The third-order valence-electron chi connectivity index (χ3n) is 1.52. The van der Waals surface area contributed by atoms with Gasteiger partial charge >= 0.3 is 5.97 Å². The van der Waals surface area contributed by atoms with Gasteiger partial charge in [0.2, 0.25) is 0 Å². The lowest BCUT2D eigenvalue weighted by Crippen LogP contribution is -2.06. The summed E-state index contributed by atoms with van der Waals surface area (Å²) in [5, 5.41) is 0. The van der Waals surface area contributed by atoms with Crippen LogP contribution in [0.15, 0.2) is 23.8 Å². The first-order chi connectivity index (χ1) is 5.57. The standard InChI is InChI=1S/C10H16O2/c1-5-9(4)10(11)12-7-6-8(2)3/h5H,2,6-7H2,1,3-4H3/b9-5-. The Morgan fingerprint density at radius 1 is 1.50 bits per heavy atom. The highest BCUT2D eigenvalue weighted by Crippen LogP contribution is 1.99. The smallest absolute Gasteiger partial charge is 0.333 e. The summed E-state index contributed by atoms with van der Waals surface area (Å²) in [6.45, 7) is 9.61. The number of carbonyl (C=O) groups excluding carboxylic acids is 1. The molecule has 2 nitrogen and oxygen atoms in total. The lowest BCUT2D eigenvalue weighted by Gasteiger charge is -2.03. The van der Waals surface area contributed by atoms with Crippen molar-refractivity contribution in [2.75, 3.05) is 6.61 Å². The summed E-state index contributed by atoms with van der Waals surface area (Å²) in [5.74, 6) is -0.237. The molecule has 0 unspecified atom stereocenters. The maximum Gasteiger partial charge on any atom is 0.333 e. The summed E-state index contributed by atoms with van der Waals surface area (Å²) in [7, 11) is 0. The molecule has 0 aromatic rings. The van der Waals surface area contributed by atoms with E-state index in [9.17, 15) is 4.79 Å². The van der Waals surface area contributed by atoms with E-state index in [1.54, 1.807) is 13.0 Å². The van der Waals surface area contributed by atoms with Gasteiger partial charge in [-0.1, -0.05) is 11.6 Å². The van der Waals surface area contributed by atoms with Crippen molar-refractivity contribution >= 4 is 5.97 Å². The Balaban J connectivity index is 3.65. The zero-order valence-corrected chi connectivity index (χ0v) is 8.02. The highest BCUT2D eigenvalue weighted by atomic mass is 16.5. The number of hydrogen-bond donors (Lipinski definition) is 0. The van der Waals surface area contributed by atoms with Crippen LogP contribution in [0.4, 0.5) is 0 Å². The van der Waals surface area contributed by atoms with Crippen LogP contribution in [0.25, 0.3) is 0 Å². The molecule has 12 heavy (non-hydrogen) atoms. The van der Waals surface area contributed by atoms with Crippen molar-refractivity contribution in [1.29, 1.82) is 0 Å². The fourth-order valence-corrected chi connectivity index (χ4v) is 0.550. The molecule has 0 heterocycles. The van der Waals surface area contributed by atoms with E-state index >= 15 is 0 Å². The van der Waals surface area contributed by atoms with Gasteiger partial charge in [0, 0.05) is 12.0 Å². The van der Waals surface area contributed by atoms with Crippen LogP contribution in [0, 0.1) is 0 Å².